The van der Waals surface area contributed by atoms with Crippen molar-refractivity contribution >= 4 is 11.8 Å². The topological polar surface area (TPSA) is 98.8 Å². The third-order valence-electron chi connectivity index (χ3n) is 7.68. The van der Waals surface area contributed by atoms with E-state index < -0.39 is 11.8 Å². The summed E-state index contributed by atoms with van der Waals surface area (Å²) in [5.41, 5.74) is 0.307. The molecule has 0 aliphatic rings. The number of esters is 1. The molecule has 0 bridgehead atoms. The molecule has 0 amide bonds. The van der Waals surface area contributed by atoms with Gasteiger partial charge in [-0.25, -0.2) is 4.79 Å². The standard InChI is InChI=1S/C38H66O9/c1-2-3-4-5-6-7-8-9-10-11-12-13-14-15-16-20-23-41-24-25-42-26-27-43-28-29-44-30-31-45-32-33-46-34-35-47-38(40)37(39)36-21-18-17-19-22-36/h17-19,21-22H,2-16,20,23-35H2,1H3. The van der Waals surface area contributed by atoms with Gasteiger partial charge in [-0.3, -0.25) is 4.79 Å². The summed E-state index contributed by atoms with van der Waals surface area (Å²) in [5.74, 6) is -1.55. The zero-order chi connectivity index (χ0) is 33.7. The van der Waals surface area contributed by atoms with Gasteiger partial charge >= 0.3 is 5.97 Å². The number of ketones is 1. The average Bonchev–Trinajstić information content (AvgIpc) is 3.10. The van der Waals surface area contributed by atoms with E-state index in [4.69, 9.17) is 33.2 Å². The highest BCUT2D eigenvalue weighted by Crippen LogP contribution is 2.13. The molecule has 47 heavy (non-hydrogen) atoms. The molecule has 1 rings (SSSR count). The van der Waals surface area contributed by atoms with Crippen LogP contribution < -0.4 is 0 Å². The molecular weight excluding hydrogens is 600 g/mol. The summed E-state index contributed by atoms with van der Waals surface area (Å²) in [4.78, 5) is 23.6. The highest BCUT2D eigenvalue weighted by atomic mass is 16.6. The lowest BCUT2D eigenvalue weighted by Crippen LogP contribution is -2.20. The van der Waals surface area contributed by atoms with E-state index in [9.17, 15) is 9.59 Å². The Balaban J connectivity index is 1.66. The van der Waals surface area contributed by atoms with Crippen molar-refractivity contribution < 1.29 is 42.7 Å². The molecule has 0 N–H and O–H groups in total. The fourth-order valence-corrected chi connectivity index (χ4v) is 4.92. The van der Waals surface area contributed by atoms with Crippen molar-refractivity contribution in [3.8, 4) is 0 Å². The molecule has 0 saturated carbocycles. The van der Waals surface area contributed by atoms with Gasteiger partial charge in [-0.2, -0.15) is 0 Å². The second-order valence-electron chi connectivity index (χ2n) is 11.8. The monoisotopic (exact) mass is 666 g/mol. The first-order valence-corrected chi connectivity index (χ1v) is 18.5. The lowest BCUT2D eigenvalue weighted by molar-refractivity contribution is -0.139. The lowest BCUT2D eigenvalue weighted by Gasteiger charge is -2.08. The molecule has 0 fully saturated rings. The van der Waals surface area contributed by atoms with E-state index >= 15 is 0 Å². The molecule has 0 aliphatic carbocycles. The fraction of sp³-hybridized carbons (Fsp3) is 0.789. The van der Waals surface area contributed by atoms with Crippen molar-refractivity contribution in [3.63, 3.8) is 0 Å². The lowest BCUT2D eigenvalue weighted by atomic mass is 10.0. The predicted molar refractivity (Wildman–Crippen MR) is 186 cm³/mol. The summed E-state index contributed by atoms with van der Waals surface area (Å²) < 4.78 is 37.9. The van der Waals surface area contributed by atoms with Gasteiger partial charge in [0.2, 0.25) is 0 Å². The molecule has 1 aromatic carbocycles. The molecule has 0 saturated heterocycles. The molecule has 0 unspecified atom stereocenters. The molecule has 0 aromatic heterocycles. The number of carbonyl (C=O) groups is 2. The molecule has 0 spiro atoms. The van der Waals surface area contributed by atoms with Gasteiger partial charge in [-0.05, 0) is 6.42 Å². The number of benzene rings is 1. The van der Waals surface area contributed by atoms with Crippen LogP contribution in [0, 0.1) is 0 Å². The molecule has 0 radical (unpaired) electrons. The minimum Gasteiger partial charge on any atom is -0.457 e. The minimum atomic E-state index is -0.884. The second-order valence-corrected chi connectivity index (χ2v) is 11.8. The summed E-state index contributed by atoms with van der Waals surface area (Å²) in [7, 11) is 0. The van der Waals surface area contributed by atoms with Crippen molar-refractivity contribution in [1.29, 1.82) is 0 Å². The van der Waals surface area contributed by atoms with E-state index in [1.54, 1.807) is 30.3 Å². The van der Waals surface area contributed by atoms with Gasteiger partial charge in [0.15, 0.2) is 0 Å². The van der Waals surface area contributed by atoms with Crippen LogP contribution in [-0.4, -0.2) is 97.6 Å². The summed E-state index contributed by atoms with van der Waals surface area (Å²) in [6.45, 7) is 8.31. The van der Waals surface area contributed by atoms with Gasteiger partial charge in [0.1, 0.15) is 6.61 Å². The Hall–Kier alpha value is -1.88. The van der Waals surface area contributed by atoms with Crippen molar-refractivity contribution in [3.05, 3.63) is 35.9 Å². The molecule has 0 heterocycles. The fourth-order valence-electron chi connectivity index (χ4n) is 4.92. The molecule has 0 aliphatic heterocycles. The summed E-state index contributed by atoms with van der Waals surface area (Å²) in [6.07, 6.45) is 22.1. The first kappa shape index (κ1) is 43.1. The second kappa shape index (κ2) is 35.4. The summed E-state index contributed by atoms with van der Waals surface area (Å²) >= 11 is 0. The maximum Gasteiger partial charge on any atom is 0.379 e. The Morgan fingerprint density at radius 3 is 1.11 bits per heavy atom. The quantitative estimate of drug-likeness (QED) is 0.0305. The number of unbranched alkanes of at least 4 members (excludes halogenated alkanes) is 15. The van der Waals surface area contributed by atoms with Crippen LogP contribution in [0.15, 0.2) is 30.3 Å². The van der Waals surface area contributed by atoms with Crippen LogP contribution >= 0.6 is 0 Å². The van der Waals surface area contributed by atoms with Gasteiger partial charge in [-0.15, -0.1) is 0 Å². The van der Waals surface area contributed by atoms with Crippen LogP contribution in [0.5, 0.6) is 0 Å². The number of hydrogen-bond donors (Lipinski definition) is 0. The van der Waals surface area contributed by atoms with Crippen LogP contribution in [0.4, 0.5) is 0 Å². The minimum absolute atomic E-state index is 0.0128. The van der Waals surface area contributed by atoms with Crippen molar-refractivity contribution in [2.24, 2.45) is 0 Å². The smallest absolute Gasteiger partial charge is 0.379 e. The Bertz CT molecular complexity index is 806. The van der Waals surface area contributed by atoms with Gasteiger partial charge < -0.3 is 33.2 Å². The number of Topliss-reactive ketones (excluding diaryl/α,β-unsaturated/α-hetero) is 1. The first-order valence-electron chi connectivity index (χ1n) is 18.5. The van der Waals surface area contributed by atoms with Crippen molar-refractivity contribution in [2.75, 3.05) is 85.9 Å². The maximum absolute atomic E-state index is 11.9. The summed E-state index contributed by atoms with van der Waals surface area (Å²) in [6, 6.07) is 8.31. The molecule has 0 atom stereocenters. The van der Waals surface area contributed by atoms with Crippen molar-refractivity contribution in [2.45, 2.75) is 110 Å². The van der Waals surface area contributed by atoms with Gasteiger partial charge in [-0.1, -0.05) is 134 Å². The normalized spacial score (nSPS) is 11.3. The van der Waals surface area contributed by atoms with Crippen LogP contribution in [-0.2, 0) is 38.0 Å². The Kier molecular flexibility index (Phi) is 32.5. The van der Waals surface area contributed by atoms with E-state index in [0.717, 1.165) is 13.0 Å². The van der Waals surface area contributed by atoms with Crippen LogP contribution in [0.2, 0.25) is 0 Å². The number of hydrogen-bond acceptors (Lipinski definition) is 9. The Morgan fingerprint density at radius 2 is 0.723 bits per heavy atom. The van der Waals surface area contributed by atoms with E-state index in [1.165, 1.54) is 96.3 Å². The third-order valence-corrected chi connectivity index (χ3v) is 7.68. The number of rotatable bonds is 37. The Labute approximate surface area is 285 Å². The first-order chi connectivity index (χ1) is 23.3. The van der Waals surface area contributed by atoms with Crippen LogP contribution in [0.1, 0.15) is 120 Å². The van der Waals surface area contributed by atoms with Gasteiger partial charge in [0, 0.05) is 12.2 Å². The highest BCUT2D eigenvalue weighted by Gasteiger charge is 2.17. The van der Waals surface area contributed by atoms with E-state index in [0.29, 0.717) is 71.6 Å². The maximum atomic E-state index is 11.9. The molecule has 9 heteroatoms. The van der Waals surface area contributed by atoms with Crippen molar-refractivity contribution in [1.82, 2.24) is 0 Å². The third kappa shape index (κ3) is 30.0. The zero-order valence-electron chi connectivity index (χ0n) is 29.6. The van der Waals surface area contributed by atoms with E-state index in [-0.39, 0.29) is 13.2 Å². The van der Waals surface area contributed by atoms with Crippen LogP contribution in [0.3, 0.4) is 0 Å². The van der Waals surface area contributed by atoms with Gasteiger partial charge in [0.05, 0.1) is 72.7 Å². The number of carbonyl (C=O) groups excluding carboxylic acids is 2. The predicted octanol–water partition coefficient (Wildman–Crippen LogP) is 7.77. The zero-order valence-corrected chi connectivity index (χ0v) is 29.6. The molecular formula is C38H66O9. The SMILES string of the molecule is CCCCCCCCCCCCCCCCCCOCCOCCOCCOCCOCCOCCOC(=O)C(=O)c1ccccc1. The Morgan fingerprint density at radius 1 is 0.404 bits per heavy atom. The molecule has 9 nitrogen and oxygen atoms in total. The van der Waals surface area contributed by atoms with Crippen LogP contribution in [0.25, 0.3) is 0 Å². The molecule has 272 valence electrons. The number of ether oxygens (including phenoxy) is 7. The molecule has 1 aromatic rings. The van der Waals surface area contributed by atoms with E-state index in [2.05, 4.69) is 6.92 Å². The average molecular weight is 667 g/mol. The largest absolute Gasteiger partial charge is 0.457 e. The highest BCUT2D eigenvalue weighted by molar-refractivity contribution is 6.40. The van der Waals surface area contributed by atoms with Gasteiger partial charge in [0.25, 0.3) is 5.78 Å². The van der Waals surface area contributed by atoms with E-state index in [1.807, 2.05) is 0 Å². The summed E-state index contributed by atoms with van der Waals surface area (Å²) in [5, 5.41) is 0.